The van der Waals surface area contributed by atoms with E-state index in [-0.39, 0.29) is 25.3 Å². The molecule has 11 nitrogen and oxygen atoms in total. The summed E-state index contributed by atoms with van der Waals surface area (Å²) < 4.78 is 11.8. The van der Waals surface area contributed by atoms with Crippen LogP contribution in [0.5, 0.6) is 0 Å². The molecular formula is C36H57NO10. The number of carbonyl (C=O) groups excluding carboxylic acids is 2. The van der Waals surface area contributed by atoms with Gasteiger partial charge in [0.2, 0.25) is 0 Å². The molecule has 0 aromatic heterocycles. The van der Waals surface area contributed by atoms with Crippen molar-refractivity contribution in [1.82, 2.24) is 4.90 Å². The Balaban J connectivity index is 1.39. The first-order valence-electron chi connectivity index (χ1n) is 18.0. The van der Waals surface area contributed by atoms with Gasteiger partial charge in [-0.25, -0.2) is 4.79 Å². The number of hydrogen-bond donors (Lipinski definition) is 6. The predicted molar refractivity (Wildman–Crippen MR) is 170 cm³/mol. The van der Waals surface area contributed by atoms with Crippen LogP contribution >= 0.6 is 0 Å². The molecule has 11 heteroatoms. The van der Waals surface area contributed by atoms with Gasteiger partial charge in [-0.05, 0) is 82.5 Å². The summed E-state index contributed by atoms with van der Waals surface area (Å²) in [6.07, 6.45) is -2.54. The van der Waals surface area contributed by atoms with Crippen molar-refractivity contribution >= 4 is 11.9 Å². The van der Waals surface area contributed by atoms with Gasteiger partial charge in [0, 0.05) is 42.0 Å². The average Bonchev–Trinajstić information content (AvgIpc) is 3.30. The van der Waals surface area contributed by atoms with Crippen LogP contribution in [0.1, 0.15) is 86.5 Å². The number of fused-ring (bicyclic) bond motifs is 8. The van der Waals surface area contributed by atoms with Crippen molar-refractivity contribution in [3.63, 3.8) is 0 Å². The number of aliphatic hydroxyl groups is 6. The largest absolute Gasteiger partial charge is 0.459 e. The van der Waals surface area contributed by atoms with Gasteiger partial charge in [0.15, 0.2) is 0 Å². The van der Waals surface area contributed by atoms with Gasteiger partial charge in [-0.2, -0.15) is 0 Å². The van der Waals surface area contributed by atoms with Crippen LogP contribution in [0.15, 0.2) is 11.6 Å². The molecule has 4 saturated carbocycles. The van der Waals surface area contributed by atoms with Crippen LogP contribution in [0.3, 0.4) is 0 Å². The minimum absolute atomic E-state index is 0.0167. The summed E-state index contributed by atoms with van der Waals surface area (Å²) in [6, 6.07) is -0.172. The van der Waals surface area contributed by atoms with Crippen LogP contribution in [0.25, 0.3) is 0 Å². The van der Waals surface area contributed by atoms with Crippen molar-refractivity contribution in [3.8, 4) is 0 Å². The number of piperidine rings is 2. The molecule has 2 saturated heterocycles. The number of nitrogens with zero attached hydrogens (tertiary/aromatic N) is 1. The van der Waals surface area contributed by atoms with Crippen molar-refractivity contribution in [3.05, 3.63) is 11.6 Å². The molecule has 6 N–H and O–H groups in total. The molecule has 6 aliphatic rings. The van der Waals surface area contributed by atoms with Crippen molar-refractivity contribution < 1.29 is 49.7 Å². The van der Waals surface area contributed by atoms with Crippen LogP contribution in [-0.4, -0.2) is 114 Å². The van der Waals surface area contributed by atoms with Gasteiger partial charge >= 0.3 is 11.9 Å². The summed E-state index contributed by atoms with van der Waals surface area (Å²) in [7, 11) is 0. The molecule has 0 amide bonds. The fourth-order valence-electron chi connectivity index (χ4n) is 11.2. The molecule has 0 aromatic carbocycles. The maximum atomic E-state index is 13.3. The van der Waals surface area contributed by atoms with E-state index in [2.05, 4.69) is 11.8 Å². The Morgan fingerprint density at radius 2 is 1.72 bits per heavy atom. The average molecular weight is 664 g/mol. The summed E-state index contributed by atoms with van der Waals surface area (Å²) in [5, 5.41) is 73.5. The summed E-state index contributed by atoms with van der Waals surface area (Å²) >= 11 is 0. The zero-order valence-corrected chi connectivity index (χ0v) is 28.8. The van der Waals surface area contributed by atoms with Crippen LogP contribution in [0.2, 0.25) is 0 Å². The molecule has 0 spiro atoms. The molecule has 6 rings (SSSR count). The SMILES string of the molecule is C/C=C(/C)C(=O)O[C@H]1CC[C@@]2(C)C(C[C@@H](O)C3[C@@]4(O)C(C[C@@]32O)C2CN3C[C@@H](C)CCC3[C@@H](O)C2[C@@H](OC(=O)C(C)CC)[C@@H]4O)[C@H]1O. The number of rotatable bonds is 5. The first-order chi connectivity index (χ1) is 22.0. The Labute approximate surface area is 278 Å². The Morgan fingerprint density at radius 3 is 2.38 bits per heavy atom. The highest BCUT2D eigenvalue weighted by molar-refractivity contribution is 5.87. The van der Waals surface area contributed by atoms with Gasteiger partial charge in [0.25, 0.3) is 0 Å². The Kier molecular flexibility index (Phi) is 9.23. The van der Waals surface area contributed by atoms with Crippen molar-refractivity contribution in [2.75, 3.05) is 13.1 Å². The van der Waals surface area contributed by atoms with Gasteiger partial charge in [0.05, 0.1) is 29.8 Å². The second-order valence-corrected chi connectivity index (χ2v) is 16.5. The number of esters is 2. The molecule has 4 aliphatic carbocycles. The number of ether oxygens (including phenoxy) is 2. The highest BCUT2D eigenvalue weighted by Crippen LogP contribution is 2.70. The van der Waals surface area contributed by atoms with E-state index in [9.17, 15) is 40.2 Å². The third-order valence-electron chi connectivity index (χ3n) is 14.2. The molecule has 266 valence electrons. The highest BCUT2D eigenvalue weighted by atomic mass is 16.6. The normalized spacial score (nSPS) is 51.8. The quantitative estimate of drug-likeness (QED) is 0.186. The Morgan fingerprint density at radius 1 is 1.02 bits per heavy atom. The van der Waals surface area contributed by atoms with Crippen LogP contribution in [0, 0.1) is 46.8 Å². The smallest absolute Gasteiger partial charge is 0.333 e. The Bertz CT molecular complexity index is 1260. The number of hydrogen-bond acceptors (Lipinski definition) is 11. The highest BCUT2D eigenvalue weighted by Gasteiger charge is 2.80. The van der Waals surface area contributed by atoms with Crippen molar-refractivity contribution in [2.45, 2.75) is 140 Å². The topological polar surface area (TPSA) is 177 Å². The van der Waals surface area contributed by atoms with E-state index in [1.165, 1.54) is 0 Å². The maximum absolute atomic E-state index is 13.3. The molecule has 0 radical (unpaired) electrons. The predicted octanol–water partition coefficient (Wildman–Crippen LogP) is 1.54. The van der Waals surface area contributed by atoms with Crippen LogP contribution < -0.4 is 0 Å². The molecule has 0 bridgehead atoms. The molecule has 7 unspecified atom stereocenters. The zero-order chi connectivity index (χ0) is 34.4. The first kappa shape index (κ1) is 35.2. The van der Waals surface area contributed by atoms with E-state index in [0.717, 1.165) is 19.4 Å². The van der Waals surface area contributed by atoms with Crippen molar-refractivity contribution in [1.29, 1.82) is 0 Å². The number of aliphatic hydroxyl groups excluding tert-OH is 4. The van der Waals surface area contributed by atoms with Gasteiger partial charge in [-0.15, -0.1) is 0 Å². The standard InChI is InChI=1S/C36H57NO10/c1-7-18(4)32(42)46-25-11-12-34(6)21(27(25)39)13-24(38)30-35(34,44)14-22-20-16-37-15-17(3)9-10-23(37)28(40)26(20)29(31(41)36(22,30)45)47-33(43)19(5)8-2/h7,17,19-31,38-41,44-45H,8-16H2,1-6H3/b18-7-/t17-,19?,20?,21?,22?,23?,24+,25-,26?,27+,28+,29+,30?,31-,34-,35+,36-/m0/s1. The van der Waals surface area contributed by atoms with Gasteiger partial charge < -0.3 is 40.1 Å². The van der Waals surface area contributed by atoms with E-state index in [1.54, 1.807) is 26.8 Å². The maximum Gasteiger partial charge on any atom is 0.333 e. The van der Waals surface area contributed by atoms with E-state index < -0.39 is 101 Å². The summed E-state index contributed by atoms with van der Waals surface area (Å²) in [4.78, 5) is 28.1. The molecule has 2 aliphatic heterocycles. The molecule has 17 atom stereocenters. The molecule has 0 aromatic rings. The zero-order valence-electron chi connectivity index (χ0n) is 28.8. The molecule has 2 heterocycles. The third kappa shape index (κ3) is 5.08. The lowest BCUT2D eigenvalue weighted by Gasteiger charge is -2.63. The van der Waals surface area contributed by atoms with E-state index in [1.807, 2.05) is 13.8 Å². The van der Waals surface area contributed by atoms with E-state index in [4.69, 9.17) is 9.47 Å². The second-order valence-electron chi connectivity index (χ2n) is 16.5. The third-order valence-corrected chi connectivity index (χ3v) is 14.2. The van der Waals surface area contributed by atoms with Crippen LogP contribution in [0.4, 0.5) is 0 Å². The van der Waals surface area contributed by atoms with Crippen LogP contribution in [-0.2, 0) is 19.1 Å². The molecular weight excluding hydrogens is 606 g/mol. The lowest BCUT2D eigenvalue weighted by Crippen LogP contribution is -2.75. The van der Waals surface area contributed by atoms with Gasteiger partial charge in [0.1, 0.15) is 23.9 Å². The summed E-state index contributed by atoms with van der Waals surface area (Å²) in [5.74, 6) is -4.77. The lowest BCUT2D eigenvalue weighted by atomic mass is 9.47. The fourth-order valence-corrected chi connectivity index (χ4v) is 11.2. The minimum atomic E-state index is -2.03. The van der Waals surface area contributed by atoms with E-state index >= 15 is 0 Å². The second kappa shape index (κ2) is 12.3. The summed E-state index contributed by atoms with van der Waals surface area (Å²) in [5.41, 5.74) is -4.34. The molecule has 47 heavy (non-hydrogen) atoms. The number of carbonyl (C=O) groups is 2. The number of allylic oxidation sites excluding steroid dienone is 1. The van der Waals surface area contributed by atoms with Gasteiger partial charge in [-0.1, -0.05) is 33.8 Å². The first-order valence-corrected chi connectivity index (χ1v) is 18.0. The molecule has 6 fully saturated rings. The van der Waals surface area contributed by atoms with Crippen molar-refractivity contribution in [2.24, 2.45) is 46.8 Å². The summed E-state index contributed by atoms with van der Waals surface area (Å²) in [6.45, 7) is 12.3. The van der Waals surface area contributed by atoms with E-state index in [0.29, 0.717) is 30.9 Å². The Hall–Kier alpha value is -1.60. The monoisotopic (exact) mass is 663 g/mol. The minimum Gasteiger partial charge on any atom is -0.459 e. The fraction of sp³-hybridized carbons (Fsp3) is 0.889. The van der Waals surface area contributed by atoms with Gasteiger partial charge in [-0.3, -0.25) is 9.69 Å². The lowest BCUT2D eigenvalue weighted by molar-refractivity contribution is -0.296.